The Kier molecular flexibility index (Phi) is 9.51. The molecule has 2 aliphatic heterocycles. The molecule has 12 aromatic rings. The zero-order chi connectivity index (χ0) is 48.4. The SMILES string of the molecule is CC1(C)c2ccccc2-c2ccc(-c3cccc(-c4c5ccc(N6c7ccccc7Sc7ccccc76)cc5c(-c5ccc6ccccc6c5)c5ccc(N6c7ccccc7Sc7ccccc76)cc45)c3)cc21. The molecule has 4 heteroatoms. The van der Waals surface area contributed by atoms with Crippen LogP contribution in [-0.4, -0.2) is 0 Å². The highest BCUT2D eigenvalue weighted by atomic mass is 32.2. The monoisotopic (exact) mass is 966 g/mol. The van der Waals surface area contributed by atoms with Gasteiger partial charge in [-0.25, -0.2) is 0 Å². The van der Waals surface area contributed by atoms with Gasteiger partial charge in [-0.1, -0.05) is 189 Å². The predicted molar refractivity (Wildman–Crippen MR) is 310 cm³/mol. The lowest BCUT2D eigenvalue weighted by molar-refractivity contribution is 0.660. The van der Waals surface area contributed by atoms with Gasteiger partial charge < -0.3 is 9.80 Å². The fourth-order valence-electron chi connectivity index (χ4n) is 12.2. The van der Waals surface area contributed by atoms with Crippen LogP contribution in [0.2, 0.25) is 0 Å². The van der Waals surface area contributed by atoms with Crippen LogP contribution in [-0.2, 0) is 5.41 Å². The summed E-state index contributed by atoms with van der Waals surface area (Å²) in [6, 6.07) is 90.9. The predicted octanol–water partition coefficient (Wildman–Crippen LogP) is 20.3. The Morgan fingerprint density at radius 2 is 0.753 bits per heavy atom. The van der Waals surface area contributed by atoms with E-state index in [4.69, 9.17) is 0 Å². The Hall–Kier alpha value is -8.28. The van der Waals surface area contributed by atoms with E-state index in [0.717, 1.165) is 11.4 Å². The van der Waals surface area contributed by atoms with Gasteiger partial charge in [0.25, 0.3) is 0 Å². The molecular weight excluding hydrogens is 921 g/mol. The van der Waals surface area contributed by atoms with Crippen molar-refractivity contribution in [3.63, 3.8) is 0 Å². The molecule has 0 unspecified atom stereocenters. The van der Waals surface area contributed by atoms with E-state index in [1.54, 1.807) is 0 Å². The largest absolute Gasteiger partial charge is 0.308 e. The molecule has 0 radical (unpaired) electrons. The number of nitrogens with zero attached hydrogens (tertiary/aromatic N) is 2. The van der Waals surface area contributed by atoms with Gasteiger partial charge in [0.1, 0.15) is 0 Å². The van der Waals surface area contributed by atoms with Crippen molar-refractivity contribution in [2.75, 3.05) is 9.80 Å². The number of anilines is 6. The second-order valence-electron chi connectivity index (χ2n) is 20.0. The van der Waals surface area contributed by atoms with Gasteiger partial charge in [-0.05, 0) is 179 Å². The summed E-state index contributed by atoms with van der Waals surface area (Å²) in [5, 5.41) is 7.30. The molecule has 12 aromatic carbocycles. The van der Waals surface area contributed by atoms with E-state index in [1.165, 1.54) is 130 Å². The summed E-state index contributed by atoms with van der Waals surface area (Å²) in [6.07, 6.45) is 0. The minimum atomic E-state index is -0.100. The number of para-hydroxylation sites is 4. The van der Waals surface area contributed by atoms with Gasteiger partial charge in [-0.15, -0.1) is 0 Å². The quantitative estimate of drug-likeness (QED) is 0.159. The molecule has 73 heavy (non-hydrogen) atoms. The molecule has 0 bridgehead atoms. The normalized spacial score (nSPS) is 13.8. The van der Waals surface area contributed by atoms with Gasteiger partial charge in [0.2, 0.25) is 0 Å². The van der Waals surface area contributed by atoms with E-state index in [2.05, 4.69) is 266 Å². The lowest BCUT2D eigenvalue weighted by Crippen LogP contribution is -2.15. The van der Waals surface area contributed by atoms with Gasteiger partial charge in [0, 0.05) is 36.4 Å². The van der Waals surface area contributed by atoms with E-state index in [1.807, 2.05) is 23.5 Å². The third-order valence-corrected chi connectivity index (χ3v) is 17.8. The van der Waals surface area contributed by atoms with Crippen LogP contribution in [0.15, 0.2) is 262 Å². The molecule has 0 saturated heterocycles. The molecule has 344 valence electrons. The van der Waals surface area contributed by atoms with E-state index in [0.29, 0.717) is 0 Å². The molecule has 0 atom stereocenters. The Morgan fingerprint density at radius 1 is 0.301 bits per heavy atom. The topological polar surface area (TPSA) is 6.48 Å². The van der Waals surface area contributed by atoms with Crippen LogP contribution >= 0.6 is 23.5 Å². The molecule has 0 saturated carbocycles. The third-order valence-electron chi connectivity index (χ3n) is 15.6. The lowest BCUT2D eigenvalue weighted by atomic mass is 9.81. The van der Waals surface area contributed by atoms with E-state index >= 15 is 0 Å². The van der Waals surface area contributed by atoms with E-state index in [9.17, 15) is 0 Å². The number of fused-ring (bicyclic) bond motifs is 10. The highest BCUT2D eigenvalue weighted by Gasteiger charge is 2.35. The third kappa shape index (κ3) is 6.60. The lowest BCUT2D eigenvalue weighted by Gasteiger charge is -2.34. The molecule has 2 heterocycles. The average Bonchev–Trinajstić information content (AvgIpc) is 3.67. The summed E-state index contributed by atoms with van der Waals surface area (Å²) in [5.41, 5.74) is 19.6. The van der Waals surface area contributed by atoms with Crippen LogP contribution < -0.4 is 9.80 Å². The van der Waals surface area contributed by atoms with Crippen molar-refractivity contribution in [2.24, 2.45) is 0 Å². The molecule has 3 aliphatic rings. The zero-order valence-electron chi connectivity index (χ0n) is 40.3. The molecule has 15 rings (SSSR count). The van der Waals surface area contributed by atoms with Crippen molar-refractivity contribution in [2.45, 2.75) is 38.8 Å². The van der Waals surface area contributed by atoms with E-state index < -0.39 is 0 Å². The molecule has 0 fully saturated rings. The highest BCUT2D eigenvalue weighted by Crippen LogP contribution is 2.56. The van der Waals surface area contributed by atoms with Crippen LogP contribution in [0.5, 0.6) is 0 Å². The highest BCUT2D eigenvalue weighted by molar-refractivity contribution is 8.00. The average molecular weight is 967 g/mol. The van der Waals surface area contributed by atoms with Gasteiger partial charge in [0.15, 0.2) is 0 Å². The summed E-state index contributed by atoms with van der Waals surface area (Å²) in [7, 11) is 0. The molecule has 0 aromatic heterocycles. The maximum absolute atomic E-state index is 2.47. The summed E-state index contributed by atoms with van der Waals surface area (Å²) in [5.74, 6) is 0. The van der Waals surface area contributed by atoms with Gasteiger partial charge >= 0.3 is 0 Å². The van der Waals surface area contributed by atoms with Crippen molar-refractivity contribution in [1.82, 2.24) is 0 Å². The van der Waals surface area contributed by atoms with Crippen LogP contribution in [0.25, 0.3) is 76.8 Å². The van der Waals surface area contributed by atoms with Crippen molar-refractivity contribution in [3.05, 3.63) is 254 Å². The zero-order valence-corrected chi connectivity index (χ0v) is 41.9. The minimum absolute atomic E-state index is 0.100. The number of rotatable bonds is 5. The maximum Gasteiger partial charge on any atom is 0.0601 e. The van der Waals surface area contributed by atoms with Gasteiger partial charge in [-0.2, -0.15) is 0 Å². The first kappa shape index (κ1) is 42.4. The number of hydrogen-bond donors (Lipinski definition) is 0. The van der Waals surface area contributed by atoms with Crippen LogP contribution in [0.3, 0.4) is 0 Å². The maximum atomic E-state index is 2.47. The minimum Gasteiger partial charge on any atom is -0.308 e. The summed E-state index contributed by atoms with van der Waals surface area (Å²) >= 11 is 3.70. The molecule has 2 nitrogen and oxygen atoms in total. The molecule has 1 aliphatic carbocycles. The number of hydrogen-bond acceptors (Lipinski definition) is 4. The van der Waals surface area contributed by atoms with Crippen LogP contribution in [0.1, 0.15) is 25.0 Å². The molecule has 0 N–H and O–H groups in total. The van der Waals surface area contributed by atoms with Crippen molar-refractivity contribution < 1.29 is 0 Å². The van der Waals surface area contributed by atoms with Gasteiger partial charge in [-0.3, -0.25) is 0 Å². The molecule has 0 spiro atoms. The molecule has 0 amide bonds. The first-order valence-electron chi connectivity index (χ1n) is 25.1. The van der Waals surface area contributed by atoms with Crippen molar-refractivity contribution >= 4 is 90.0 Å². The summed E-state index contributed by atoms with van der Waals surface area (Å²) < 4.78 is 0. The van der Waals surface area contributed by atoms with Crippen LogP contribution in [0, 0.1) is 0 Å². The second-order valence-corrected chi connectivity index (χ2v) is 22.2. The number of benzene rings is 12. The Labute approximate surface area is 434 Å². The molecular formula is C69H46N2S2. The summed E-state index contributed by atoms with van der Waals surface area (Å²) in [6.45, 7) is 4.74. The fraction of sp³-hybridized carbons (Fsp3) is 0.0435. The summed E-state index contributed by atoms with van der Waals surface area (Å²) in [4.78, 5) is 9.93. The second kappa shape index (κ2) is 16.4. The Balaban J connectivity index is 1.02. The van der Waals surface area contributed by atoms with Crippen molar-refractivity contribution in [3.8, 4) is 44.5 Å². The van der Waals surface area contributed by atoms with E-state index in [-0.39, 0.29) is 5.41 Å². The van der Waals surface area contributed by atoms with Gasteiger partial charge in [0.05, 0.1) is 22.7 Å². The smallest absolute Gasteiger partial charge is 0.0601 e. The fourth-order valence-corrected chi connectivity index (χ4v) is 14.3. The Morgan fingerprint density at radius 3 is 1.34 bits per heavy atom. The first-order chi connectivity index (χ1) is 35.9. The first-order valence-corrected chi connectivity index (χ1v) is 26.8. The van der Waals surface area contributed by atoms with Crippen LogP contribution in [0.4, 0.5) is 34.1 Å². The Bertz CT molecular complexity index is 4190. The van der Waals surface area contributed by atoms with Crippen molar-refractivity contribution in [1.29, 1.82) is 0 Å². The standard InChI is InChI=1S/C69H46N2S2/c1-69(2)57-21-6-5-20-51(57)52-35-32-46(40-58(52)69)45-18-15-19-47(39-45)67-53-36-33-50(71-61-24-9-13-28-65(61)73-66-29-14-10-25-62(66)71)42-56(53)68(48-31-30-43-16-3-4-17-44(43)38-48)54-37-34-49(41-55(54)67)70-59-22-7-11-26-63(59)72-64-27-12-8-23-60(64)70/h3-42H,1-2H3.